The number of carbonyl (C=O) groups excluding carboxylic acids is 1. The summed E-state index contributed by atoms with van der Waals surface area (Å²) < 4.78 is 21.3. The molecule has 41 heavy (non-hydrogen) atoms. The van der Waals surface area contributed by atoms with E-state index >= 15 is 0 Å². The van der Waals surface area contributed by atoms with Crippen LogP contribution in [0.3, 0.4) is 0 Å². The Morgan fingerprint density at radius 1 is 1.05 bits per heavy atom. The van der Waals surface area contributed by atoms with Crippen molar-refractivity contribution < 1.29 is 13.7 Å². The molecule has 11 heteroatoms. The molecular formula is C30H30FN7O3. The Morgan fingerprint density at radius 2 is 1.80 bits per heavy atom. The van der Waals surface area contributed by atoms with Gasteiger partial charge in [0.05, 0.1) is 17.4 Å². The third-order valence-electron chi connectivity index (χ3n) is 6.63. The van der Waals surface area contributed by atoms with Crippen LogP contribution >= 0.6 is 0 Å². The van der Waals surface area contributed by atoms with E-state index in [0.717, 1.165) is 5.56 Å². The first kappa shape index (κ1) is 27.5. The molecule has 0 saturated carbocycles. The molecule has 0 fully saturated rings. The molecule has 0 radical (unpaired) electrons. The molecule has 0 bridgehead atoms. The normalized spacial score (nSPS) is 12.2. The van der Waals surface area contributed by atoms with Crippen molar-refractivity contribution in [2.45, 2.75) is 39.2 Å². The zero-order valence-corrected chi connectivity index (χ0v) is 23.3. The molecule has 3 N–H and O–H groups in total. The molecule has 1 atom stereocenters. The predicted molar refractivity (Wildman–Crippen MR) is 156 cm³/mol. The van der Waals surface area contributed by atoms with Crippen molar-refractivity contribution in [1.29, 1.82) is 0 Å². The summed E-state index contributed by atoms with van der Waals surface area (Å²) in [6.45, 7) is 7.88. The predicted octanol–water partition coefficient (Wildman–Crippen LogP) is 6.24. The van der Waals surface area contributed by atoms with Gasteiger partial charge in [-0.05, 0) is 36.2 Å². The number of urea groups is 1. The minimum absolute atomic E-state index is 0.0446. The van der Waals surface area contributed by atoms with Crippen LogP contribution in [0, 0.1) is 5.82 Å². The van der Waals surface area contributed by atoms with Gasteiger partial charge in [-0.3, -0.25) is 14.7 Å². The van der Waals surface area contributed by atoms with Crippen molar-refractivity contribution in [1.82, 2.24) is 19.7 Å². The van der Waals surface area contributed by atoms with Crippen molar-refractivity contribution >= 4 is 34.6 Å². The lowest BCUT2D eigenvalue weighted by Gasteiger charge is -2.15. The summed E-state index contributed by atoms with van der Waals surface area (Å²) in [5, 5.41) is 12.8. The van der Waals surface area contributed by atoms with Crippen LogP contribution in [0.1, 0.15) is 45.0 Å². The Balaban J connectivity index is 1.39. The van der Waals surface area contributed by atoms with E-state index in [0.29, 0.717) is 33.8 Å². The van der Waals surface area contributed by atoms with Crippen LogP contribution in [0.4, 0.5) is 26.7 Å². The van der Waals surface area contributed by atoms with Crippen molar-refractivity contribution in [2.24, 2.45) is 7.05 Å². The lowest BCUT2D eigenvalue weighted by molar-refractivity contribution is 0.261. The molecule has 0 aliphatic heterocycles. The number of benzene rings is 2. The highest BCUT2D eigenvalue weighted by Crippen LogP contribution is 2.27. The number of nitrogens with zero attached hydrogens (tertiary/aromatic N) is 4. The molecule has 3 heterocycles. The molecule has 210 valence electrons. The van der Waals surface area contributed by atoms with Gasteiger partial charge in [0.25, 0.3) is 5.56 Å². The fourth-order valence-electron chi connectivity index (χ4n) is 4.28. The van der Waals surface area contributed by atoms with Gasteiger partial charge >= 0.3 is 6.03 Å². The Labute approximate surface area is 235 Å². The quantitative estimate of drug-likeness (QED) is 0.226. The number of anilines is 3. The van der Waals surface area contributed by atoms with Gasteiger partial charge in [-0.1, -0.05) is 62.3 Å². The van der Waals surface area contributed by atoms with Crippen LogP contribution < -0.4 is 21.5 Å². The number of fused-ring (bicyclic) bond motifs is 1. The zero-order chi connectivity index (χ0) is 29.3. The first-order valence-corrected chi connectivity index (χ1v) is 13.0. The second kappa shape index (κ2) is 10.8. The molecule has 0 aliphatic carbocycles. The summed E-state index contributed by atoms with van der Waals surface area (Å²) in [7, 11) is 1.62. The van der Waals surface area contributed by atoms with E-state index in [9.17, 15) is 14.0 Å². The van der Waals surface area contributed by atoms with Crippen LogP contribution in [-0.4, -0.2) is 25.7 Å². The van der Waals surface area contributed by atoms with Gasteiger partial charge in [0.2, 0.25) is 11.8 Å². The average molecular weight is 556 g/mol. The molecule has 2 aromatic carbocycles. The maximum atomic E-state index is 14.7. The molecule has 0 spiro atoms. The number of pyridine rings is 1. The summed E-state index contributed by atoms with van der Waals surface area (Å²) in [5.41, 5.74) is 2.18. The number of carbonyl (C=O) groups is 1. The van der Waals surface area contributed by atoms with Gasteiger partial charge < -0.3 is 15.2 Å². The highest BCUT2D eigenvalue weighted by atomic mass is 19.1. The smallest absolute Gasteiger partial charge is 0.326 e. The summed E-state index contributed by atoms with van der Waals surface area (Å²) in [6, 6.07) is 16.4. The minimum atomic E-state index is -0.720. The first-order valence-electron chi connectivity index (χ1n) is 13.0. The number of rotatable bonds is 6. The van der Waals surface area contributed by atoms with E-state index in [-0.39, 0.29) is 28.6 Å². The van der Waals surface area contributed by atoms with Crippen LogP contribution in [0.2, 0.25) is 0 Å². The zero-order valence-electron chi connectivity index (χ0n) is 23.3. The maximum absolute atomic E-state index is 14.7. The highest BCUT2D eigenvalue weighted by molar-refractivity contribution is 5.99. The van der Waals surface area contributed by atoms with E-state index in [2.05, 4.69) is 31.1 Å². The number of halogens is 1. The van der Waals surface area contributed by atoms with Crippen LogP contribution in [0.25, 0.3) is 22.2 Å². The van der Waals surface area contributed by atoms with Crippen LogP contribution in [0.5, 0.6) is 0 Å². The Morgan fingerprint density at radius 3 is 2.51 bits per heavy atom. The standard InChI is InChI=1S/C30H30FN7O3/c1-17(18-9-7-6-8-10-18)33-28-32-16-20-13-21(27(39)38(5)26(20)36-28)19-11-12-22(31)23(14-19)34-29(40)35-25-15-24(37-41-25)30(2,3)4/h6-17H,1-5H3,(H,32,33,36)(H2,34,35,40)/t17-/m1/s1. The third kappa shape index (κ3) is 5.93. The average Bonchev–Trinajstić information content (AvgIpc) is 3.42. The number of nitrogens with one attached hydrogen (secondary N) is 3. The van der Waals surface area contributed by atoms with E-state index in [1.165, 1.54) is 22.8 Å². The van der Waals surface area contributed by atoms with E-state index < -0.39 is 11.8 Å². The molecular weight excluding hydrogens is 525 g/mol. The van der Waals surface area contributed by atoms with Crippen molar-refractivity contribution in [3.63, 3.8) is 0 Å². The Hall–Kier alpha value is -5.06. The van der Waals surface area contributed by atoms with Crippen LogP contribution in [-0.2, 0) is 12.5 Å². The molecule has 0 saturated heterocycles. The summed E-state index contributed by atoms with van der Waals surface area (Å²) >= 11 is 0. The highest BCUT2D eigenvalue weighted by Gasteiger charge is 2.20. The van der Waals surface area contributed by atoms with Gasteiger partial charge in [-0.15, -0.1) is 0 Å². The van der Waals surface area contributed by atoms with Gasteiger partial charge in [0.1, 0.15) is 11.5 Å². The summed E-state index contributed by atoms with van der Waals surface area (Å²) in [6.07, 6.45) is 1.63. The lowest BCUT2D eigenvalue weighted by Crippen LogP contribution is -2.21. The second-order valence-electron chi connectivity index (χ2n) is 10.8. The minimum Gasteiger partial charge on any atom is -0.348 e. The summed E-state index contributed by atoms with van der Waals surface area (Å²) in [4.78, 5) is 34.9. The van der Waals surface area contributed by atoms with Crippen molar-refractivity contribution in [2.75, 3.05) is 16.0 Å². The topological polar surface area (TPSA) is 127 Å². The summed E-state index contributed by atoms with van der Waals surface area (Å²) in [5.74, 6) is -0.155. The van der Waals surface area contributed by atoms with Crippen molar-refractivity contribution in [3.05, 3.63) is 94.3 Å². The molecule has 0 aliphatic rings. The Kier molecular flexibility index (Phi) is 7.27. The Bertz CT molecular complexity index is 1790. The van der Waals surface area contributed by atoms with E-state index in [4.69, 9.17) is 4.52 Å². The number of hydrogen-bond acceptors (Lipinski definition) is 7. The molecule has 3 aromatic heterocycles. The first-order chi connectivity index (χ1) is 19.5. The molecule has 0 unspecified atom stereocenters. The van der Waals surface area contributed by atoms with Gasteiger partial charge in [0.15, 0.2) is 0 Å². The van der Waals surface area contributed by atoms with Gasteiger partial charge in [-0.2, -0.15) is 4.98 Å². The number of aryl methyl sites for hydroxylation is 1. The number of hydrogen-bond donors (Lipinski definition) is 3. The number of amides is 2. The van der Waals surface area contributed by atoms with Gasteiger partial charge in [0, 0.05) is 35.7 Å². The molecule has 2 amide bonds. The SMILES string of the molecule is C[C@@H](Nc1ncc2cc(-c3ccc(F)c(NC(=O)Nc4cc(C(C)(C)C)no4)c3)c(=O)n(C)c2n1)c1ccccc1. The fourth-order valence-corrected chi connectivity index (χ4v) is 4.28. The van der Waals surface area contributed by atoms with Crippen molar-refractivity contribution in [3.8, 4) is 11.1 Å². The van der Waals surface area contributed by atoms with E-state index in [1.807, 2.05) is 58.0 Å². The third-order valence-corrected chi connectivity index (χ3v) is 6.63. The molecule has 5 rings (SSSR count). The molecule has 5 aromatic rings. The maximum Gasteiger partial charge on any atom is 0.326 e. The largest absolute Gasteiger partial charge is 0.348 e. The van der Waals surface area contributed by atoms with Crippen LogP contribution in [0.15, 0.2) is 76.2 Å². The second-order valence-corrected chi connectivity index (χ2v) is 10.8. The monoisotopic (exact) mass is 555 g/mol. The van der Waals surface area contributed by atoms with Gasteiger partial charge in [-0.25, -0.2) is 14.2 Å². The van der Waals surface area contributed by atoms with E-state index in [1.54, 1.807) is 25.4 Å². The lowest BCUT2D eigenvalue weighted by atomic mass is 9.92. The molecule has 10 nitrogen and oxygen atoms in total. The fraction of sp³-hybridized carbons (Fsp3) is 0.233. The number of aromatic nitrogens is 4.